The summed E-state index contributed by atoms with van der Waals surface area (Å²) in [5, 5.41) is 10.3. The van der Waals surface area contributed by atoms with Crippen LogP contribution >= 0.6 is 0 Å². The summed E-state index contributed by atoms with van der Waals surface area (Å²) >= 11 is 0. The Morgan fingerprint density at radius 2 is 2.00 bits per heavy atom. The van der Waals surface area contributed by atoms with E-state index in [-0.39, 0.29) is 11.6 Å². The van der Waals surface area contributed by atoms with E-state index in [1.165, 1.54) is 12.1 Å². The number of rotatable bonds is 0. The molecule has 1 N–H and O–H groups in total. The van der Waals surface area contributed by atoms with Crippen LogP contribution in [0.1, 0.15) is 11.3 Å². The molecule has 14 heavy (non-hydrogen) atoms. The van der Waals surface area contributed by atoms with Crippen LogP contribution in [0.15, 0.2) is 18.2 Å². The molecule has 3 heteroatoms. The van der Waals surface area contributed by atoms with E-state index in [9.17, 15) is 9.50 Å². The average molecular weight is 191 g/mol. The molecule has 0 aliphatic heterocycles. The van der Waals surface area contributed by atoms with E-state index in [0.717, 1.165) is 0 Å². The third-order valence-electron chi connectivity index (χ3n) is 2.35. The first-order chi connectivity index (χ1) is 6.59. The van der Waals surface area contributed by atoms with Crippen molar-refractivity contribution in [2.45, 2.75) is 13.8 Å². The molecule has 1 aromatic carbocycles. The second-order valence-corrected chi connectivity index (χ2v) is 3.33. The molecule has 0 radical (unpaired) electrons. The van der Waals surface area contributed by atoms with Gasteiger partial charge >= 0.3 is 0 Å². The fraction of sp³-hybridized carbons (Fsp3) is 0.182. The van der Waals surface area contributed by atoms with Crippen molar-refractivity contribution in [1.29, 1.82) is 0 Å². The van der Waals surface area contributed by atoms with Gasteiger partial charge in [0.25, 0.3) is 0 Å². The summed E-state index contributed by atoms with van der Waals surface area (Å²) in [5.41, 5.74) is 1.95. The number of aromatic nitrogens is 1. The largest absolute Gasteiger partial charge is 0.506 e. The predicted molar refractivity (Wildman–Crippen MR) is 52.8 cm³/mol. The monoisotopic (exact) mass is 191 g/mol. The maximum absolute atomic E-state index is 12.9. The zero-order chi connectivity index (χ0) is 10.3. The van der Waals surface area contributed by atoms with Crippen LogP contribution in [0.5, 0.6) is 5.75 Å². The Balaban J connectivity index is 2.92. The Hall–Kier alpha value is -1.64. The van der Waals surface area contributed by atoms with Crippen molar-refractivity contribution in [3.63, 3.8) is 0 Å². The van der Waals surface area contributed by atoms with Crippen LogP contribution in [0.25, 0.3) is 10.9 Å². The van der Waals surface area contributed by atoms with Gasteiger partial charge < -0.3 is 5.11 Å². The highest BCUT2D eigenvalue weighted by Crippen LogP contribution is 2.27. The third kappa shape index (κ3) is 1.21. The van der Waals surface area contributed by atoms with Crippen LogP contribution in [0.3, 0.4) is 0 Å². The van der Waals surface area contributed by atoms with Gasteiger partial charge in [-0.2, -0.15) is 0 Å². The summed E-state index contributed by atoms with van der Waals surface area (Å²) in [7, 11) is 0. The van der Waals surface area contributed by atoms with Crippen molar-refractivity contribution < 1.29 is 9.50 Å². The smallest absolute Gasteiger partial charge is 0.140 e. The van der Waals surface area contributed by atoms with Gasteiger partial charge in [-0.25, -0.2) is 9.37 Å². The fourth-order valence-electron chi connectivity index (χ4n) is 1.54. The Labute approximate surface area is 81.0 Å². The topological polar surface area (TPSA) is 33.1 Å². The number of aromatic hydroxyl groups is 1. The highest BCUT2D eigenvalue weighted by Gasteiger charge is 2.07. The molecular weight excluding hydrogens is 181 g/mol. The molecule has 1 aromatic heterocycles. The number of nitrogens with zero attached hydrogens (tertiary/aromatic N) is 1. The fourth-order valence-corrected chi connectivity index (χ4v) is 1.54. The molecule has 0 saturated heterocycles. The molecule has 0 aliphatic carbocycles. The molecule has 0 atom stereocenters. The lowest BCUT2D eigenvalue weighted by atomic mass is 10.1. The molecule has 0 unspecified atom stereocenters. The zero-order valence-corrected chi connectivity index (χ0v) is 8.00. The summed E-state index contributed by atoms with van der Waals surface area (Å²) in [6.07, 6.45) is 0. The number of aryl methyl sites for hydroxylation is 2. The van der Waals surface area contributed by atoms with Gasteiger partial charge in [-0.1, -0.05) is 0 Å². The summed E-state index contributed by atoms with van der Waals surface area (Å²) in [6.45, 7) is 3.48. The summed E-state index contributed by atoms with van der Waals surface area (Å²) in [5.74, 6) is -0.172. The first-order valence-electron chi connectivity index (χ1n) is 4.35. The van der Waals surface area contributed by atoms with Crippen molar-refractivity contribution in [3.8, 4) is 5.75 Å². The number of benzene rings is 1. The highest BCUT2D eigenvalue weighted by atomic mass is 19.1. The molecule has 0 bridgehead atoms. The Morgan fingerprint density at radius 3 is 2.71 bits per heavy atom. The lowest BCUT2D eigenvalue weighted by Crippen LogP contribution is -1.90. The molecule has 1 heterocycles. The Kier molecular flexibility index (Phi) is 1.88. The summed E-state index contributed by atoms with van der Waals surface area (Å²) in [4.78, 5) is 4.16. The first-order valence-corrected chi connectivity index (χ1v) is 4.35. The summed E-state index contributed by atoms with van der Waals surface area (Å²) in [6, 6.07) is 4.37. The number of hydrogen-bond donors (Lipinski definition) is 1. The molecule has 2 nitrogen and oxygen atoms in total. The van der Waals surface area contributed by atoms with Crippen LogP contribution in [-0.2, 0) is 0 Å². The van der Waals surface area contributed by atoms with Crippen LogP contribution in [0, 0.1) is 19.7 Å². The van der Waals surface area contributed by atoms with E-state index in [4.69, 9.17) is 0 Å². The van der Waals surface area contributed by atoms with Gasteiger partial charge in [-0.3, -0.25) is 0 Å². The number of fused-ring (bicyclic) bond motifs is 1. The quantitative estimate of drug-likeness (QED) is 0.694. The minimum Gasteiger partial charge on any atom is -0.506 e. The lowest BCUT2D eigenvalue weighted by Gasteiger charge is -2.06. The molecular formula is C11H10FNO. The van der Waals surface area contributed by atoms with Gasteiger partial charge in [-0.15, -0.1) is 0 Å². The molecule has 0 spiro atoms. The van der Waals surface area contributed by atoms with E-state index < -0.39 is 0 Å². The normalized spacial score (nSPS) is 10.8. The third-order valence-corrected chi connectivity index (χ3v) is 2.35. The maximum atomic E-state index is 12.9. The number of hydrogen-bond acceptors (Lipinski definition) is 2. The van der Waals surface area contributed by atoms with Crippen LogP contribution in [-0.4, -0.2) is 10.1 Å². The maximum Gasteiger partial charge on any atom is 0.140 e. The van der Waals surface area contributed by atoms with Gasteiger partial charge in [0.2, 0.25) is 0 Å². The van der Waals surface area contributed by atoms with Crippen molar-refractivity contribution >= 4 is 10.9 Å². The molecule has 72 valence electrons. The summed E-state index contributed by atoms with van der Waals surface area (Å²) < 4.78 is 12.9. The Bertz CT molecular complexity index is 508. The molecule has 0 saturated carbocycles. The van der Waals surface area contributed by atoms with E-state index in [1.54, 1.807) is 19.9 Å². The second kappa shape index (κ2) is 2.94. The number of pyridine rings is 1. The van der Waals surface area contributed by atoms with Crippen LogP contribution < -0.4 is 0 Å². The van der Waals surface area contributed by atoms with E-state index in [2.05, 4.69) is 4.98 Å². The van der Waals surface area contributed by atoms with Crippen molar-refractivity contribution in [2.75, 3.05) is 0 Å². The molecule has 0 amide bonds. The van der Waals surface area contributed by atoms with Crippen molar-refractivity contribution in [1.82, 2.24) is 4.98 Å². The van der Waals surface area contributed by atoms with E-state index >= 15 is 0 Å². The minimum atomic E-state index is -0.314. The first kappa shape index (κ1) is 8.94. The molecule has 0 aliphatic rings. The average Bonchev–Trinajstić information content (AvgIpc) is 2.16. The highest BCUT2D eigenvalue weighted by molar-refractivity contribution is 5.84. The van der Waals surface area contributed by atoms with Gasteiger partial charge in [0.1, 0.15) is 11.6 Å². The van der Waals surface area contributed by atoms with Crippen molar-refractivity contribution in [2.24, 2.45) is 0 Å². The van der Waals surface area contributed by atoms with Crippen LogP contribution in [0.2, 0.25) is 0 Å². The van der Waals surface area contributed by atoms with Gasteiger partial charge in [0, 0.05) is 10.9 Å². The molecule has 2 rings (SSSR count). The van der Waals surface area contributed by atoms with Gasteiger partial charge in [0.15, 0.2) is 0 Å². The standard InChI is InChI=1S/C11H10FNO/c1-6-9-5-8(12)3-4-10(9)13-7(2)11(6)14/h3-5,14H,1-2H3. The Morgan fingerprint density at radius 1 is 1.29 bits per heavy atom. The van der Waals surface area contributed by atoms with E-state index in [0.29, 0.717) is 22.2 Å². The van der Waals surface area contributed by atoms with E-state index in [1.807, 2.05) is 0 Å². The second-order valence-electron chi connectivity index (χ2n) is 3.33. The molecule has 2 aromatic rings. The van der Waals surface area contributed by atoms with Crippen LogP contribution in [0.4, 0.5) is 4.39 Å². The SMILES string of the molecule is Cc1nc2ccc(F)cc2c(C)c1O. The lowest BCUT2D eigenvalue weighted by molar-refractivity contribution is 0.465. The zero-order valence-electron chi connectivity index (χ0n) is 8.00. The molecule has 0 fully saturated rings. The van der Waals surface area contributed by atoms with Gasteiger partial charge in [-0.05, 0) is 32.0 Å². The van der Waals surface area contributed by atoms with Crippen molar-refractivity contribution in [3.05, 3.63) is 35.3 Å². The van der Waals surface area contributed by atoms with Gasteiger partial charge in [0.05, 0.1) is 11.2 Å². The predicted octanol–water partition coefficient (Wildman–Crippen LogP) is 2.70. The minimum absolute atomic E-state index is 0.142. The number of halogens is 1.